The summed E-state index contributed by atoms with van der Waals surface area (Å²) < 4.78 is 30.5. The largest absolute Gasteiger partial charge is 0.347 e. The van der Waals surface area contributed by atoms with Gasteiger partial charge in [0.2, 0.25) is 0 Å². The summed E-state index contributed by atoms with van der Waals surface area (Å²) in [5, 5.41) is 0. The van der Waals surface area contributed by atoms with E-state index >= 15 is 0 Å². The molecule has 0 radical (unpaired) electrons. The molecule has 0 saturated carbocycles. The standard InChI is InChI=1S/C13H10O4S2/c14-12(10-4-2-1-3-5-10)8-6-11-7-9-13(18-11)19(15,16)17/h1-9H,(H,15,16,17)/p+1/b8-6+. The summed E-state index contributed by atoms with van der Waals surface area (Å²) in [5.74, 6) is 0.0856. The smallest absolute Gasteiger partial charge is 0.281 e. The first-order valence-corrected chi connectivity index (χ1v) is 7.59. The van der Waals surface area contributed by atoms with Gasteiger partial charge in [0.15, 0.2) is 0 Å². The van der Waals surface area contributed by atoms with Gasteiger partial charge < -0.3 is 0 Å². The Labute approximate surface area is 114 Å². The van der Waals surface area contributed by atoms with Crippen LogP contribution in [0.5, 0.6) is 0 Å². The lowest BCUT2D eigenvalue weighted by Gasteiger charge is -1.88. The van der Waals surface area contributed by atoms with Gasteiger partial charge in [-0.25, -0.2) is 0 Å². The molecular formula is C13H11O4S2+. The molecule has 0 aliphatic rings. The van der Waals surface area contributed by atoms with Gasteiger partial charge in [-0.05, 0) is 30.3 Å². The number of allylic oxidation sites excluding steroid dienone is 1. The van der Waals surface area contributed by atoms with E-state index in [1.807, 2.05) is 6.07 Å². The number of rotatable bonds is 4. The minimum Gasteiger partial charge on any atom is -0.281 e. The predicted octanol–water partition coefficient (Wildman–Crippen LogP) is 2.60. The molecule has 0 aliphatic heterocycles. The van der Waals surface area contributed by atoms with E-state index < -0.39 is 10.1 Å². The molecular weight excluding hydrogens is 284 g/mol. The molecule has 0 amide bonds. The van der Waals surface area contributed by atoms with Gasteiger partial charge in [0.05, 0.1) is 5.56 Å². The molecule has 1 aromatic heterocycles. The first kappa shape index (κ1) is 13.7. The Kier molecular flexibility index (Phi) is 3.94. The average Bonchev–Trinajstić information content (AvgIpc) is 2.86. The average molecular weight is 295 g/mol. The molecule has 2 N–H and O–H groups in total. The van der Waals surface area contributed by atoms with Gasteiger partial charge >= 0.3 is 15.9 Å². The minimum atomic E-state index is -4.16. The van der Waals surface area contributed by atoms with Crippen LogP contribution in [0, 0.1) is 0 Å². The van der Waals surface area contributed by atoms with Crippen molar-refractivity contribution in [3.63, 3.8) is 0 Å². The second-order valence-corrected chi connectivity index (χ2v) is 6.48. The second-order valence-electron chi connectivity index (χ2n) is 3.72. The van der Waals surface area contributed by atoms with Gasteiger partial charge in [0, 0.05) is 11.0 Å². The van der Waals surface area contributed by atoms with Gasteiger partial charge in [-0.3, -0.25) is 9.35 Å². The maximum Gasteiger partial charge on any atom is 0.347 e. The van der Waals surface area contributed by atoms with Crippen LogP contribution < -0.4 is 0 Å². The summed E-state index contributed by atoms with van der Waals surface area (Å²) in [4.78, 5) is 10.4. The zero-order valence-electron chi connectivity index (χ0n) is 9.72. The molecule has 0 saturated heterocycles. The van der Waals surface area contributed by atoms with Crippen molar-refractivity contribution in [3.05, 3.63) is 59.0 Å². The minimum absolute atomic E-state index is 0.0856. The lowest BCUT2D eigenvalue weighted by molar-refractivity contribution is 0.485. The van der Waals surface area contributed by atoms with Crippen LogP contribution in [-0.4, -0.2) is 23.5 Å². The molecule has 2 aromatic rings. The van der Waals surface area contributed by atoms with E-state index in [0.29, 0.717) is 10.4 Å². The lowest BCUT2D eigenvalue weighted by atomic mass is 10.1. The van der Waals surface area contributed by atoms with Crippen molar-refractivity contribution in [2.75, 3.05) is 0 Å². The zero-order valence-corrected chi connectivity index (χ0v) is 11.4. The van der Waals surface area contributed by atoms with Crippen LogP contribution in [0.4, 0.5) is 0 Å². The molecule has 19 heavy (non-hydrogen) atoms. The summed E-state index contributed by atoms with van der Waals surface area (Å²) in [5.41, 5.74) is 0.672. The summed E-state index contributed by atoms with van der Waals surface area (Å²) in [6.07, 6.45) is 3.07. The summed E-state index contributed by atoms with van der Waals surface area (Å²) in [6, 6.07) is 11.9. The van der Waals surface area contributed by atoms with E-state index in [-0.39, 0.29) is 9.99 Å². The summed E-state index contributed by atoms with van der Waals surface area (Å²) in [6.45, 7) is 0. The Morgan fingerprint density at radius 3 is 2.42 bits per heavy atom. The fourth-order valence-electron chi connectivity index (χ4n) is 1.43. The second kappa shape index (κ2) is 5.48. The van der Waals surface area contributed by atoms with E-state index in [1.165, 1.54) is 12.1 Å². The van der Waals surface area contributed by atoms with Gasteiger partial charge in [-0.15, -0.1) is 11.3 Å². The Bertz CT molecular complexity index is 712. The van der Waals surface area contributed by atoms with E-state index in [1.54, 1.807) is 36.4 Å². The van der Waals surface area contributed by atoms with Crippen molar-refractivity contribution in [2.24, 2.45) is 0 Å². The van der Waals surface area contributed by atoms with Crippen molar-refractivity contribution in [1.82, 2.24) is 0 Å². The quantitative estimate of drug-likeness (QED) is 0.408. The first-order valence-electron chi connectivity index (χ1n) is 5.33. The van der Waals surface area contributed by atoms with Crippen molar-refractivity contribution in [1.29, 1.82) is 0 Å². The molecule has 6 heteroatoms. The van der Waals surface area contributed by atoms with Crippen molar-refractivity contribution in [2.45, 2.75) is 4.21 Å². The molecule has 0 aliphatic carbocycles. The molecule has 0 unspecified atom stereocenters. The fourth-order valence-corrected chi connectivity index (χ4v) is 3.02. The number of hydrogen-bond donors (Lipinski definition) is 1. The van der Waals surface area contributed by atoms with E-state index in [4.69, 9.17) is 4.55 Å². The van der Waals surface area contributed by atoms with Gasteiger partial charge in [0.1, 0.15) is 4.21 Å². The van der Waals surface area contributed by atoms with Crippen molar-refractivity contribution < 1.29 is 17.8 Å². The van der Waals surface area contributed by atoms with Gasteiger partial charge in [0.25, 0.3) is 0 Å². The Balaban J connectivity index is 2.16. The Morgan fingerprint density at radius 1 is 1.16 bits per heavy atom. The topological polar surface area (TPSA) is 75.8 Å². The molecule has 2 rings (SSSR count). The highest BCUT2D eigenvalue weighted by Gasteiger charge is 2.12. The van der Waals surface area contributed by atoms with E-state index in [2.05, 4.69) is 0 Å². The fraction of sp³-hybridized carbons (Fsp3) is 0. The van der Waals surface area contributed by atoms with Crippen LogP contribution in [0.1, 0.15) is 10.4 Å². The third-order valence-electron chi connectivity index (χ3n) is 2.33. The SMILES string of the molecule is O=S(=O)(O)c1ccc(/C=C/C(=[OH+])c2ccccc2)s1. The maximum atomic E-state index is 10.9. The monoisotopic (exact) mass is 295 g/mol. The number of ketones is 1. The third kappa shape index (κ3) is 3.60. The molecule has 0 bridgehead atoms. The van der Waals surface area contributed by atoms with Crippen molar-refractivity contribution >= 4 is 33.3 Å². The van der Waals surface area contributed by atoms with Crippen LogP contribution in [0.3, 0.4) is 0 Å². The van der Waals surface area contributed by atoms with Crippen LogP contribution >= 0.6 is 11.3 Å². The first-order chi connectivity index (χ1) is 8.97. The van der Waals surface area contributed by atoms with Crippen LogP contribution in [0.25, 0.3) is 6.08 Å². The maximum absolute atomic E-state index is 10.9. The molecule has 98 valence electrons. The highest BCUT2D eigenvalue weighted by atomic mass is 32.3. The Morgan fingerprint density at radius 2 is 1.84 bits per heavy atom. The van der Waals surface area contributed by atoms with Crippen LogP contribution in [0.15, 0.2) is 52.7 Å². The van der Waals surface area contributed by atoms with E-state index in [9.17, 15) is 13.2 Å². The van der Waals surface area contributed by atoms with Gasteiger partial charge in [-0.1, -0.05) is 18.2 Å². The summed E-state index contributed by atoms with van der Waals surface area (Å²) in [7, 11) is -4.16. The molecule has 1 heterocycles. The number of benzene rings is 1. The normalized spacial score (nSPS) is 11.8. The lowest BCUT2D eigenvalue weighted by Crippen LogP contribution is -1.94. The highest BCUT2D eigenvalue weighted by molar-refractivity contribution is 7.88. The molecule has 0 atom stereocenters. The zero-order chi connectivity index (χ0) is 13.9. The number of thiophene rings is 1. The third-order valence-corrected chi connectivity index (χ3v) is 4.70. The molecule has 4 nitrogen and oxygen atoms in total. The Hall–Kier alpha value is -1.76. The molecule has 0 spiro atoms. The van der Waals surface area contributed by atoms with E-state index in [0.717, 1.165) is 11.3 Å². The number of carbonyl (C=O) groups excluding carboxylic acids is 1. The molecule has 1 aromatic carbocycles. The predicted molar refractivity (Wildman–Crippen MR) is 75.7 cm³/mol. The van der Waals surface area contributed by atoms with Crippen LogP contribution in [0.2, 0.25) is 0 Å². The number of hydrogen-bond acceptors (Lipinski definition) is 3. The van der Waals surface area contributed by atoms with Crippen molar-refractivity contribution in [3.8, 4) is 0 Å². The van der Waals surface area contributed by atoms with Gasteiger partial charge in [-0.2, -0.15) is 8.42 Å². The highest BCUT2D eigenvalue weighted by Crippen LogP contribution is 2.22. The summed E-state index contributed by atoms with van der Waals surface area (Å²) >= 11 is 0.928. The molecule has 0 fully saturated rings. The van der Waals surface area contributed by atoms with Crippen LogP contribution in [-0.2, 0) is 10.1 Å².